The van der Waals surface area contributed by atoms with Crippen LogP contribution >= 0.6 is 0 Å². The fourth-order valence-electron chi connectivity index (χ4n) is 4.36. The lowest BCUT2D eigenvalue weighted by Crippen LogP contribution is -2.46. The molecule has 0 bridgehead atoms. The van der Waals surface area contributed by atoms with Crippen molar-refractivity contribution >= 4 is 16.6 Å². The van der Waals surface area contributed by atoms with Gasteiger partial charge in [-0.1, -0.05) is 6.07 Å². The van der Waals surface area contributed by atoms with Gasteiger partial charge in [-0.2, -0.15) is 13.2 Å². The number of halogens is 3. The first kappa shape index (κ1) is 18.6. The topological polar surface area (TPSA) is 29.4 Å². The number of nitrogens with zero attached hydrogens (tertiary/aromatic N) is 2. The number of rotatable bonds is 4. The van der Waals surface area contributed by atoms with E-state index in [1.54, 1.807) is 12.1 Å². The number of benzene rings is 1. The van der Waals surface area contributed by atoms with Crippen LogP contribution < -0.4 is 5.32 Å². The molecule has 4 rings (SSSR count). The molecule has 0 aliphatic carbocycles. The molecular formula is C20H26F3N3O. The summed E-state index contributed by atoms with van der Waals surface area (Å²) in [5, 5.41) is 4.43. The summed E-state index contributed by atoms with van der Waals surface area (Å²) in [4.78, 5) is 2.57. The lowest BCUT2D eigenvalue weighted by molar-refractivity contribution is -0.139. The molecule has 0 saturated carbocycles. The molecule has 2 fully saturated rings. The summed E-state index contributed by atoms with van der Waals surface area (Å²) in [6, 6.07) is 8.32. The molecule has 1 aromatic heterocycles. The van der Waals surface area contributed by atoms with Gasteiger partial charge in [0.15, 0.2) is 0 Å². The van der Waals surface area contributed by atoms with Crippen LogP contribution in [0.3, 0.4) is 0 Å². The standard InChI is InChI=1S/C20H26F3N3O/c21-20(22,23)14-26-11-6-17-18(2-1-3-19(17)26)24-15-4-9-25(10-5-15)16-7-12-27-13-8-16/h1-3,6,11,15-16,24H,4-5,7-10,12-14H2. The number of likely N-dealkylation sites (tertiary alicyclic amines) is 1. The predicted molar refractivity (Wildman–Crippen MR) is 100 cm³/mol. The summed E-state index contributed by atoms with van der Waals surface area (Å²) in [5.74, 6) is 0. The number of alkyl halides is 3. The molecule has 2 aromatic rings. The highest BCUT2D eigenvalue weighted by atomic mass is 19.4. The van der Waals surface area contributed by atoms with Gasteiger partial charge in [0.25, 0.3) is 0 Å². The summed E-state index contributed by atoms with van der Waals surface area (Å²) in [6.45, 7) is 2.89. The zero-order valence-electron chi connectivity index (χ0n) is 15.3. The monoisotopic (exact) mass is 381 g/mol. The second-order valence-corrected chi connectivity index (χ2v) is 7.60. The molecule has 1 N–H and O–H groups in total. The van der Waals surface area contributed by atoms with Gasteiger partial charge in [-0.3, -0.25) is 0 Å². The zero-order valence-corrected chi connectivity index (χ0v) is 15.3. The van der Waals surface area contributed by atoms with Gasteiger partial charge >= 0.3 is 6.18 Å². The summed E-state index contributed by atoms with van der Waals surface area (Å²) < 4.78 is 45.0. The summed E-state index contributed by atoms with van der Waals surface area (Å²) in [7, 11) is 0. The van der Waals surface area contributed by atoms with E-state index < -0.39 is 12.7 Å². The normalized spacial score (nSPS) is 21.0. The van der Waals surface area contributed by atoms with Crippen molar-refractivity contribution in [2.45, 2.75) is 50.5 Å². The summed E-state index contributed by atoms with van der Waals surface area (Å²) in [6.07, 6.45) is 1.64. The number of hydrogen-bond acceptors (Lipinski definition) is 3. The van der Waals surface area contributed by atoms with E-state index >= 15 is 0 Å². The van der Waals surface area contributed by atoms with Gasteiger partial charge in [-0.15, -0.1) is 0 Å². The van der Waals surface area contributed by atoms with Crippen LogP contribution in [0.5, 0.6) is 0 Å². The largest absolute Gasteiger partial charge is 0.406 e. The minimum Gasteiger partial charge on any atom is -0.382 e. The first-order chi connectivity index (χ1) is 13.0. The van der Waals surface area contributed by atoms with Gasteiger partial charge in [0.05, 0.1) is 5.52 Å². The fraction of sp³-hybridized carbons (Fsp3) is 0.600. The molecule has 2 aliphatic rings. The van der Waals surface area contributed by atoms with Crippen molar-refractivity contribution in [3.05, 3.63) is 30.5 Å². The molecule has 0 radical (unpaired) electrons. The second-order valence-electron chi connectivity index (χ2n) is 7.60. The third-order valence-corrected chi connectivity index (χ3v) is 5.76. The Hall–Kier alpha value is -1.73. The Labute approximate surface area is 157 Å². The molecule has 2 aliphatic heterocycles. The van der Waals surface area contributed by atoms with Crippen molar-refractivity contribution in [2.75, 3.05) is 31.6 Å². The van der Waals surface area contributed by atoms with Crippen LogP contribution in [0.15, 0.2) is 30.5 Å². The molecule has 2 saturated heterocycles. The summed E-state index contributed by atoms with van der Waals surface area (Å²) >= 11 is 0. The molecule has 4 nitrogen and oxygen atoms in total. The SMILES string of the molecule is FC(F)(F)Cn1ccc2c(NC3CCN(C4CCOCC4)CC3)cccc21. The minimum atomic E-state index is -4.22. The number of fused-ring (bicyclic) bond motifs is 1. The van der Waals surface area contributed by atoms with Crippen LogP contribution in [0.4, 0.5) is 18.9 Å². The number of nitrogens with one attached hydrogen (secondary N) is 1. The molecule has 148 valence electrons. The third-order valence-electron chi connectivity index (χ3n) is 5.76. The van der Waals surface area contributed by atoms with Gasteiger partial charge in [-0.25, -0.2) is 0 Å². The Morgan fingerprint density at radius 2 is 1.78 bits per heavy atom. The molecule has 27 heavy (non-hydrogen) atoms. The highest BCUT2D eigenvalue weighted by molar-refractivity contribution is 5.92. The van der Waals surface area contributed by atoms with Gasteiger partial charge in [-0.05, 0) is 43.9 Å². The van der Waals surface area contributed by atoms with E-state index in [0.29, 0.717) is 17.6 Å². The third kappa shape index (κ3) is 4.41. The average Bonchev–Trinajstić information content (AvgIpc) is 3.05. The molecular weight excluding hydrogens is 355 g/mol. The Morgan fingerprint density at radius 1 is 1.04 bits per heavy atom. The Bertz CT molecular complexity index is 759. The number of ether oxygens (including phenoxy) is 1. The van der Waals surface area contributed by atoms with Gasteiger partial charge in [0.2, 0.25) is 0 Å². The van der Waals surface area contributed by atoms with Crippen molar-refractivity contribution in [1.29, 1.82) is 0 Å². The van der Waals surface area contributed by atoms with Crippen LogP contribution in [-0.4, -0.2) is 54.0 Å². The average molecular weight is 381 g/mol. The Kier molecular flexibility index (Phi) is 5.32. The Morgan fingerprint density at radius 3 is 2.48 bits per heavy atom. The quantitative estimate of drug-likeness (QED) is 0.858. The van der Waals surface area contributed by atoms with E-state index in [1.807, 2.05) is 12.1 Å². The molecule has 1 aromatic carbocycles. The molecule has 0 amide bonds. The maximum absolute atomic E-state index is 12.8. The van der Waals surface area contributed by atoms with Gasteiger partial charge < -0.3 is 19.5 Å². The van der Waals surface area contributed by atoms with Crippen molar-refractivity contribution in [3.8, 4) is 0 Å². The van der Waals surface area contributed by atoms with E-state index in [-0.39, 0.29) is 0 Å². The number of piperidine rings is 1. The van der Waals surface area contributed by atoms with Crippen LogP contribution in [-0.2, 0) is 11.3 Å². The predicted octanol–water partition coefficient (Wildman–Crippen LogP) is 4.26. The van der Waals surface area contributed by atoms with Crippen molar-refractivity contribution in [3.63, 3.8) is 0 Å². The van der Waals surface area contributed by atoms with Crippen molar-refractivity contribution in [2.24, 2.45) is 0 Å². The van der Waals surface area contributed by atoms with E-state index in [2.05, 4.69) is 10.2 Å². The van der Waals surface area contributed by atoms with Crippen LogP contribution in [0, 0.1) is 0 Å². The van der Waals surface area contributed by atoms with Crippen LogP contribution in [0.1, 0.15) is 25.7 Å². The molecule has 3 heterocycles. The van der Waals surface area contributed by atoms with Gasteiger partial charge in [0.1, 0.15) is 6.54 Å². The van der Waals surface area contributed by atoms with Crippen molar-refractivity contribution < 1.29 is 17.9 Å². The van der Waals surface area contributed by atoms with Crippen LogP contribution in [0.25, 0.3) is 10.9 Å². The molecule has 0 spiro atoms. The number of anilines is 1. The number of hydrogen-bond donors (Lipinski definition) is 1. The van der Waals surface area contributed by atoms with E-state index in [4.69, 9.17) is 4.74 Å². The fourth-order valence-corrected chi connectivity index (χ4v) is 4.36. The lowest BCUT2D eigenvalue weighted by Gasteiger charge is -2.39. The van der Waals surface area contributed by atoms with E-state index in [0.717, 1.165) is 63.1 Å². The van der Waals surface area contributed by atoms with E-state index in [1.165, 1.54) is 10.8 Å². The molecule has 7 heteroatoms. The highest BCUT2D eigenvalue weighted by Gasteiger charge is 2.29. The maximum atomic E-state index is 12.8. The molecule has 0 atom stereocenters. The lowest BCUT2D eigenvalue weighted by atomic mass is 9.99. The highest BCUT2D eigenvalue weighted by Crippen LogP contribution is 2.29. The van der Waals surface area contributed by atoms with Crippen molar-refractivity contribution in [1.82, 2.24) is 9.47 Å². The first-order valence-corrected chi connectivity index (χ1v) is 9.72. The van der Waals surface area contributed by atoms with Gasteiger partial charge in [0, 0.05) is 55.7 Å². The Balaban J connectivity index is 1.40. The minimum absolute atomic E-state index is 0.359. The zero-order chi connectivity index (χ0) is 18.9. The van der Waals surface area contributed by atoms with Crippen LogP contribution in [0.2, 0.25) is 0 Å². The smallest absolute Gasteiger partial charge is 0.382 e. The molecule has 0 unspecified atom stereocenters. The summed E-state index contributed by atoms with van der Waals surface area (Å²) in [5.41, 5.74) is 1.55. The first-order valence-electron chi connectivity index (χ1n) is 9.72. The number of aromatic nitrogens is 1. The second kappa shape index (κ2) is 7.72. The van der Waals surface area contributed by atoms with E-state index in [9.17, 15) is 13.2 Å². The maximum Gasteiger partial charge on any atom is 0.406 e.